The molecule has 5 heteroatoms. The second-order valence-electron chi connectivity index (χ2n) is 4.04. The summed E-state index contributed by atoms with van der Waals surface area (Å²) in [5.74, 6) is 1.65. The van der Waals surface area contributed by atoms with Gasteiger partial charge in [0.05, 0.1) is 18.2 Å². The molecule has 0 saturated heterocycles. The molecule has 0 heterocycles. The van der Waals surface area contributed by atoms with Crippen LogP contribution in [0.1, 0.15) is 12.8 Å². The SMILES string of the molecule is COc1ccc(OCCCC(=O)N(C)C)c(Br)c1. The van der Waals surface area contributed by atoms with Gasteiger partial charge in [-0.25, -0.2) is 0 Å². The van der Waals surface area contributed by atoms with Gasteiger partial charge < -0.3 is 14.4 Å². The third-order valence-electron chi connectivity index (χ3n) is 2.43. The molecule has 18 heavy (non-hydrogen) atoms. The summed E-state index contributed by atoms with van der Waals surface area (Å²) in [4.78, 5) is 12.9. The Morgan fingerprint density at radius 1 is 1.39 bits per heavy atom. The first-order valence-electron chi connectivity index (χ1n) is 5.71. The van der Waals surface area contributed by atoms with E-state index < -0.39 is 0 Å². The molecule has 0 aliphatic rings. The van der Waals surface area contributed by atoms with E-state index in [0.717, 1.165) is 16.0 Å². The second-order valence-corrected chi connectivity index (χ2v) is 4.89. The van der Waals surface area contributed by atoms with Crippen LogP contribution in [0.15, 0.2) is 22.7 Å². The van der Waals surface area contributed by atoms with Gasteiger partial charge in [0.15, 0.2) is 0 Å². The quantitative estimate of drug-likeness (QED) is 0.758. The van der Waals surface area contributed by atoms with E-state index >= 15 is 0 Å². The van der Waals surface area contributed by atoms with Gasteiger partial charge in [0.25, 0.3) is 0 Å². The van der Waals surface area contributed by atoms with Crippen LogP contribution in [0.4, 0.5) is 0 Å². The molecule has 1 aromatic carbocycles. The lowest BCUT2D eigenvalue weighted by Crippen LogP contribution is -2.21. The van der Waals surface area contributed by atoms with Crippen molar-refractivity contribution in [3.63, 3.8) is 0 Å². The molecule has 0 N–H and O–H groups in total. The second kappa shape index (κ2) is 7.26. The molecule has 0 aromatic heterocycles. The first-order valence-corrected chi connectivity index (χ1v) is 6.50. The van der Waals surface area contributed by atoms with Gasteiger partial charge >= 0.3 is 0 Å². The van der Waals surface area contributed by atoms with Crippen LogP contribution in [0.25, 0.3) is 0 Å². The Kier molecular flexibility index (Phi) is 5.98. The van der Waals surface area contributed by atoms with Crippen LogP contribution in [0.3, 0.4) is 0 Å². The molecule has 100 valence electrons. The largest absolute Gasteiger partial charge is 0.497 e. The Bertz CT molecular complexity index is 407. The summed E-state index contributed by atoms with van der Waals surface area (Å²) in [5, 5.41) is 0. The minimum atomic E-state index is 0.118. The highest BCUT2D eigenvalue weighted by Crippen LogP contribution is 2.29. The van der Waals surface area contributed by atoms with Gasteiger partial charge in [0.2, 0.25) is 5.91 Å². The van der Waals surface area contributed by atoms with Gasteiger partial charge in [0, 0.05) is 20.5 Å². The highest BCUT2D eigenvalue weighted by molar-refractivity contribution is 9.10. The normalized spacial score (nSPS) is 10.0. The number of ether oxygens (including phenoxy) is 2. The van der Waals surface area contributed by atoms with Crippen molar-refractivity contribution >= 4 is 21.8 Å². The summed E-state index contributed by atoms with van der Waals surface area (Å²) in [6, 6.07) is 5.53. The number of carbonyl (C=O) groups is 1. The smallest absolute Gasteiger partial charge is 0.222 e. The van der Waals surface area contributed by atoms with E-state index in [9.17, 15) is 4.79 Å². The molecule has 0 aliphatic heterocycles. The maximum Gasteiger partial charge on any atom is 0.222 e. The fraction of sp³-hybridized carbons (Fsp3) is 0.462. The predicted molar refractivity (Wildman–Crippen MR) is 74.1 cm³/mol. The molecular weight excluding hydrogens is 298 g/mol. The van der Waals surface area contributed by atoms with Crippen LogP contribution in [0.2, 0.25) is 0 Å². The number of amides is 1. The van der Waals surface area contributed by atoms with Crippen molar-refractivity contribution in [2.45, 2.75) is 12.8 Å². The Labute approximate surface area is 116 Å². The number of benzene rings is 1. The first-order chi connectivity index (χ1) is 8.54. The average molecular weight is 316 g/mol. The molecule has 0 spiro atoms. The first kappa shape index (κ1) is 14.8. The monoisotopic (exact) mass is 315 g/mol. The molecule has 0 fully saturated rings. The van der Waals surface area contributed by atoms with Gasteiger partial charge in [0.1, 0.15) is 11.5 Å². The maximum atomic E-state index is 11.3. The summed E-state index contributed by atoms with van der Waals surface area (Å²) in [5.41, 5.74) is 0. The van der Waals surface area contributed by atoms with E-state index in [4.69, 9.17) is 9.47 Å². The van der Waals surface area contributed by atoms with Crippen LogP contribution in [0.5, 0.6) is 11.5 Å². The summed E-state index contributed by atoms with van der Waals surface area (Å²) < 4.78 is 11.5. The molecule has 1 amide bonds. The molecule has 0 atom stereocenters. The molecule has 4 nitrogen and oxygen atoms in total. The summed E-state index contributed by atoms with van der Waals surface area (Å²) in [6.45, 7) is 0.518. The van der Waals surface area contributed by atoms with Crippen molar-refractivity contribution in [3.8, 4) is 11.5 Å². The van der Waals surface area contributed by atoms with E-state index in [1.807, 2.05) is 18.2 Å². The highest BCUT2D eigenvalue weighted by Gasteiger charge is 2.05. The molecule has 1 rings (SSSR count). The van der Waals surface area contributed by atoms with Gasteiger partial charge in [-0.05, 0) is 40.5 Å². The van der Waals surface area contributed by atoms with Crippen molar-refractivity contribution in [3.05, 3.63) is 22.7 Å². The van der Waals surface area contributed by atoms with Gasteiger partial charge in [-0.3, -0.25) is 4.79 Å². The Morgan fingerprint density at radius 3 is 2.67 bits per heavy atom. The average Bonchev–Trinajstić information content (AvgIpc) is 2.35. The van der Waals surface area contributed by atoms with Crippen molar-refractivity contribution in [1.82, 2.24) is 4.90 Å². The number of hydrogen-bond donors (Lipinski definition) is 0. The number of methoxy groups -OCH3 is 1. The third kappa shape index (κ3) is 4.56. The van der Waals surface area contributed by atoms with Gasteiger partial charge in [-0.2, -0.15) is 0 Å². The summed E-state index contributed by atoms with van der Waals surface area (Å²) in [7, 11) is 5.13. The van der Waals surface area contributed by atoms with E-state index in [1.165, 1.54) is 0 Å². The Morgan fingerprint density at radius 2 is 2.11 bits per heavy atom. The van der Waals surface area contributed by atoms with Gasteiger partial charge in [-0.15, -0.1) is 0 Å². The molecule has 0 saturated carbocycles. The fourth-order valence-electron chi connectivity index (χ4n) is 1.35. The van der Waals surface area contributed by atoms with E-state index in [-0.39, 0.29) is 5.91 Å². The van der Waals surface area contributed by atoms with Crippen LogP contribution in [-0.2, 0) is 4.79 Å². The van der Waals surface area contributed by atoms with Gasteiger partial charge in [-0.1, -0.05) is 0 Å². The Balaban J connectivity index is 2.38. The van der Waals surface area contributed by atoms with E-state index in [2.05, 4.69) is 15.9 Å². The minimum Gasteiger partial charge on any atom is -0.497 e. The zero-order valence-corrected chi connectivity index (χ0v) is 12.5. The minimum absolute atomic E-state index is 0.118. The molecule has 0 unspecified atom stereocenters. The molecule has 1 aromatic rings. The van der Waals surface area contributed by atoms with Crippen LogP contribution >= 0.6 is 15.9 Å². The number of rotatable bonds is 6. The van der Waals surface area contributed by atoms with Crippen LogP contribution < -0.4 is 9.47 Å². The molecule has 0 aliphatic carbocycles. The molecule has 0 bridgehead atoms. The zero-order chi connectivity index (χ0) is 13.5. The maximum absolute atomic E-state index is 11.3. The molecular formula is C13H18BrNO3. The zero-order valence-electron chi connectivity index (χ0n) is 10.9. The van der Waals surface area contributed by atoms with Crippen molar-refractivity contribution in [2.75, 3.05) is 27.8 Å². The fourth-order valence-corrected chi connectivity index (χ4v) is 1.83. The topological polar surface area (TPSA) is 38.8 Å². The van der Waals surface area contributed by atoms with Crippen LogP contribution in [0, 0.1) is 0 Å². The van der Waals surface area contributed by atoms with Crippen molar-refractivity contribution < 1.29 is 14.3 Å². The summed E-state index contributed by atoms with van der Waals surface area (Å²) in [6.07, 6.45) is 1.20. The third-order valence-corrected chi connectivity index (χ3v) is 3.05. The lowest BCUT2D eigenvalue weighted by Gasteiger charge is -2.11. The van der Waals surface area contributed by atoms with Crippen molar-refractivity contribution in [1.29, 1.82) is 0 Å². The number of carbonyl (C=O) groups excluding carboxylic acids is 1. The van der Waals surface area contributed by atoms with E-state index in [0.29, 0.717) is 19.4 Å². The predicted octanol–water partition coefficient (Wildman–Crippen LogP) is 2.70. The number of nitrogens with zero attached hydrogens (tertiary/aromatic N) is 1. The lowest BCUT2D eigenvalue weighted by molar-refractivity contribution is -0.128. The lowest BCUT2D eigenvalue weighted by atomic mass is 10.3. The number of hydrogen-bond acceptors (Lipinski definition) is 3. The summed E-state index contributed by atoms with van der Waals surface area (Å²) >= 11 is 3.41. The van der Waals surface area contributed by atoms with Crippen molar-refractivity contribution in [2.24, 2.45) is 0 Å². The standard InChI is InChI=1S/C13H18BrNO3/c1-15(2)13(16)5-4-8-18-12-7-6-10(17-3)9-11(12)14/h6-7,9H,4-5,8H2,1-3H3. The van der Waals surface area contributed by atoms with E-state index in [1.54, 1.807) is 26.1 Å². The van der Waals surface area contributed by atoms with Crippen LogP contribution in [-0.4, -0.2) is 38.6 Å². The Hall–Kier alpha value is -1.23. The number of halogens is 1. The molecule has 0 radical (unpaired) electrons. The highest BCUT2D eigenvalue weighted by atomic mass is 79.9.